The second kappa shape index (κ2) is 6.10. The molecule has 0 fully saturated rings. The van der Waals surface area contributed by atoms with Gasteiger partial charge in [-0.2, -0.15) is 4.68 Å². The fourth-order valence-corrected chi connectivity index (χ4v) is 2.79. The Kier molecular flexibility index (Phi) is 3.76. The van der Waals surface area contributed by atoms with Crippen molar-refractivity contribution < 1.29 is 4.74 Å². The number of tetrazole rings is 1. The number of methoxy groups -OCH3 is 1. The molecule has 0 amide bonds. The molecule has 132 valence electrons. The molecule has 0 saturated carbocycles. The second-order valence-electron chi connectivity index (χ2n) is 5.93. The van der Waals surface area contributed by atoms with E-state index in [0.29, 0.717) is 11.6 Å². The monoisotopic (exact) mass is 350 g/mol. The summed E-state index contributed by atoms with van der Waals surface area (Å²) < 4.78 is 11.1. The Balaban J connectivity index is 1.87. The van der Waals surface area contributed by atoms with Crippen LogP contribution in [0.15, 0.2) is 36.8 Å². The Hall–Kier alpha value is -3.49. The molecule has 0 radical (unpaired) electrons. The molecule has 0 aliphatic carbocycles. The van der Waals surface area contributed by atoms with Crippen LogP contribution in [0.4, 0.5) is 0 Å². The highest BCUT2D eigenvalue weighted by Crippen LogP contribution is 2.26. The zero-order valence-electron chi connectivity index (χ0n) is 15.0. The number of ether oxygens (including phenoxy) is 1. The molecule has 0 bridgehead atoms. The van der Waals surface area contributed by atoms with Gasteiger partial charge in [-0.1, -0.05) is 0 Å². The van der Waals surface area contributed by atoms with Crippen LogP contribution in [0.1, 0.15) is 11.6 Å². The van der Waals surface area contributed by atoms with Crippen LogP contribution >= 0.6 is 0 Å². The predicted molar refractivity (Wildman–Crippen MR) is 94.5 cm³/mol. The van der Waals surface area contributed by atoms with Crippen LogP contribution in [0.25, 0.3) is 22.9 Å². The highest BCUT2D eigenvalue weighted by Gasteiger charge is 2.14. The highest BCUT2D eigenvalue weighted by molar-refractivity contribution is 5.57. The summed E-state index contributed by atoms with van der Waals surface area (Å²) in [7, 11) is 3.59. The second-order valence-corrected chi connectivity index (χ2v) is 5.93. The molecule has 9 heteroatoms. The number of nitrogens with zero attached hydrogens (tertiary/aromatic N) is 8. The summed E-state index contributed by atoms with van der Waals surface area (Å²) in [6.07, 6.45) is 5.60. The van der Waals surface area contributed by atoms with Crippen molar-refractivity contribution in [1.82, 2.24) is 39.3 Å². The zero-order valence-corrected chi connectivity index (χ0v) is 15.0. The van der Waals surface area contributed by atoms with E-state index >= 15 is 0 Å². The van der Waals surface area contributed by atoms with E-state index in [1.54, 1.807) is 18.0 Å². The molecule has 0 N–H and O–H groups in total. The van der Waals surface area contributed by atoms with Crippen LogP contribution in [0.2, 0.25) is 0 Å². The minimum atomic E-state index is 0.690. The summed E-state index contributed by atoms with van der Waals surface area (Å²) in [6, 6.07) is 5.80. The van der Waals surface area contributed by atoms with Crippen molar-refractivity contribution in [3.63, 3.8) is 0 Å². The van der Waals surface area contributed by atoms with Gasteiger partial charge in [0.05, 0.1) is 18.5 Å². The molecular formula is C17H18N8O. The van der Waals surface area contributed by atoms with Crippen LogP contribution in [-0.4, -0.2) is 46.4 Å². The third-order valence-electron chi connectivity index (χ3n) is 4.24. The predicted octanol–water partition coefficient (Wildman–Crippen LogP) is 1.87. The van der Waals surface area contributed by atoms with E-state index in [2.05, 4.69) is 25.5 Å². The number of rotatable bonds is 4. The van der Waals surface area contributed by atoms with Gasteiger partial charge in [0.15, 0.2) is 11.6 Å². The quantitative estimate of drug-likeness (QED) is 0.558. The maximum Gasteiger partial charge on any atom is 0.164 e. The molecule has 4 rings (SSSR count). The molecule has 0 unspecified atom stereocenters. The lowest BCUT2D eigenvalue weighted by molar-refractivity contribution is 0.414. The average Bonchev–Trinajstić information content (AvgIpc) is 3.35. The van der Waals surface area contributed by atoms with Crippen molar-refractivity contribution in [2.24, 2.45) is 7.05 Å². The first-order chi connectivity index (χ1) is 12.6. The van der Waals surface area contributed by atoms with E-state index in [1.165, 1.54) is 0 Å². The van der Waals surface area contributed by atoms with Crippen LogP contribution in [0.5, 0.6) is 5.75 Å². The van der Waals surface area contributed by atoms with Crippen molar-refractivity contribution >= 4 is 0 Å². The van der Waals surface area contributed by atoms with Gasteiger partial charge in [-0.15, -0.1) is 5.10 Å². The molecule has 9 nitrogen and oxygen atoms in total. The Morgan fingerprint density at radius 2 is 1.85 bits per heavy atom. The molecular weight excluding hydrogens is 332 g/mol. The number of benzene rings is 1. The normalized spacial score (nSPS) is 11.1. The van der Waals surface area contributed by atoms with E-state index in [0.717, 1.165) is 28.7 Å². The third kappa shape index (κ3) is 2.63. The van der Waals surface area contributed by atoms with Crippen molar-refractivity contribution in [3.05, 3.63) is 48.4 Å². The van der Waals surface area contributed by atoms with E-state index in [4.69, 9.17) is 4.74 Å². The Labute approximate surface area is 149 Å². The summed E-state index contributed by atoms with van der Waals surface area (Å²) in [6.45, 7) is 3.80. The number of imidazole rings is 2. The van der Waals surface area contributed by atoms with E-state index < -0.39 is 0 Å². The molecule has 4 aromatic rings. The largest absolute Gasteiger partial charge is 0.497 e. The number of hydrogen-bond acceptors (Lipinski definition) is 6. The summed E-state index contributed by atoms with van der Waals surface area (Å²) in [4.78, 5) is 9.06. The lowest BCUT2D eigenvalue weighted by atomic mass is 10.2. The SMILES string of the molecule is COc1cc(-n2ccnc2-c2cn(C)c(C)n2)cc(-n2nnnc2C)c1. The summed E-state index contributed by atoms with van der Waals surface area (Å²) in [5.74, 6) is 3.06. The van der Waals surface area contributed by atoms with Crippen molar-refractivity contribution in [2.45, 2.75) is 13.8 Å². The zero-order chi connectivity index (χ0) is 18.3. The van der Waals surface area contributed by atoms with E-state index in [-0.39, 0.29) is 0 Å². The Bertz CT molecular complexity index is 1050. The topological polar surface area (TPSA) is 88.5 Å². The molecule has 26 heavy (non-hydrogen) atoms. The minimum absolute atomic E-state index is 0.690. The molecule has 0 aliphatic rings. The van der Waals surface area contributed by atoms with E-state index in [1.807, 2.05) is 60.6 Å². The molecule has 1 aromatic carbocycles. The lowest BCUT2D eigenvalue weighted by Crippen LogP contribution is -2.03. The third-order valence-corrected chi connectivity index (χ3v) is 4.24. The first-order valence-corrected chi connectivity index (χ1v) is 8.05. The molecule has 3 heterocycles. The minimum Gasteiger partial charge on any atom is -0.497 e. The van der Waals surface area contributed by atoms with Gasteiger partial charge in [-0.05, 0) is 30.3 Å². The summed E-state index contributed by atoms with van der Waals surface area (Å²) in [5.41, 5.74) is 2.49. The summed E-state index contributed by atoms with van der Waals surface area (Å²) >= 11 is 0. The van der Waals surface area contributed by atoms with Gasteiger partial charge in [0.25, 0.3) is 0 Å². The van der Waals surface area contributed by atoms with Gasteiger partial charge in [-0.3, -0.25) is 4.57 Å². The van der Waals surface area contributed by atoms with Gasteiger partial charge < -0.3 is 9.30 Å². The van der Waals surface area contributed by atoms with Gasteiger partial charge >= 0.3 is 0 Å². The molecule has 3 aromatic heterocycles. The number of aromatic nitrogens is 8. The van der Waals surface area contributed by atoms with Gasteiger partial charge in [0, 0.05) is 37.8 Å². The first-order valence-electron chi connectivity index (χ1n) is 8.05. The molecule has 0 atom stereocenters. The smallest absolute Gasteiger partial charge is 0.164 e. The lowest BCUT2D eigenvalue weighted by Gasteiger charge is -2.11. The van der Waals surface area contributed by atoms with Crippen molar-refractivity contribution in [2.75, 3.05) is 7.11 Å². The Morgan fingerprint density at radius 1 is 1.04 bits per heavy atom. The van der Waals surface area contributed by atoms with Gasteiger partial charge in [-0.25, -0.2) is 9.97 Å². The van der Waals surface area contributed by atoms with Gasteiger partial charge in [0.2, 0.25) is 0 Å². The maximum absolute atomic E-state index is 5.46. The van der Waals surface area contributed by atoms with Gasteiger partial charge in [0.1, 0.15) is 17.3 Å². The number of hydrogen-bond donors (Lipinski definition) is 0. The fourth-order valence-electron chi connectivity index (χ4n) is 2.79. The number of aryl methyl sites for hydroxylation is 3. The van der Waals surface area contributed by atoms with Crippen LogP contribution in [0, 0.1) is 13.8 Å². The van der Waals surface area contributed by atoms with Crippen molar-refractivity contribution in [1.29, 1.82) is 0 Å². The maximum atomic E-state index is 5.46. The standard InChI is InChI=1S/C17H18N8O/c1-11-19-16(10-23(11)3)17-18-5-6-24(17)13-7-14(9-15(8-13)26-4)25-12(2)20-21-22-25/h5-10H,1-4H3. The van der Waals surface area contributed by atoms with Crippen LogP contribution < -0.4 is 4.74 Å². The molecule has 0 saturated heterocycles. The highest BCUT2D eigenvalue weighted by atomic mass is 16.5. The summed E-state index contributed by atoms with van der Waals surface area (Å²) in [5, 5.41) is 11.7. The first kappa shape index (κ1) is 16.0. The van der Waals surface area contributed by atoms with E-state index in [9.17, 15) is 0 Å². The molecule has 0 spiro atoms. The van der Waals surface area contributed by atoms with Crippen LogP contribution in [0.3, 0.4) is 0 Å². The van der Waals surface area contributed by atoms with Crippen molar-refractivity contribution in [3.8, 4) is 28.6 Å². The average molecular weight is 350 g/mol. The molecule has 0 aliphatic heterocycles. The Morgan fingerprint density at radius 3 is 2.50 bits per heavy atom. The fraction of sp³-hybridized carbons (Fsp3) is 0.235. The van der Waals surface area contributed by atoms with Crippen LogP contribution in [-0.2, 0) is 7.05 Å².